The molecule has 1 aliphatic heterocycles. The molecule has 0 saturated carbocycles. The molecule has 136 valence electrons. The van der Waals surface area contributed by atoms with Gasteiger partial charge >= 0.3 is 0 Å². The zero-order valence-electron chi connectivity index (χ0n) is 15.2. The smallest absolute Gasteiger partial charge is 0.244 e. The van der Waals surface area contributed by atoms with Crippen LogP contribution in [0.15, 0.2) is 60.9 Å². The van der Waals surface area contributed by atoms with Crippen LogP contribution in [0.4, 0.5) is 0 Å². The number of hydrogen-bond donors (Lipinski definition) is 1. The van der Waals surface area contributed by atoms with Gasteiger partial charge in [0, 0.05) is 31.6 Å². The normalized spacial score (nSPS) is 16.0. The number of carbonyl (C=O) groups is 1. The van der Waals surface area contributed by atoms with Crippen molar-refractivity contribution in [2.45, 2.75) is 25.8 Å². The van der Waals surface area contributed by atoms with Crippen LogP contribution in [0.2, 0.25) is 0 Å². The summed E-state index contributed by atoms with van der Waals surface area (Å²) in [6.45, 7) is 4.09. The van der Waals surface area contributed by atoms with Crippen molar-refractivity contribution in [3.05, 3.63) is 72.1 Å². The minimum Gasteiger partial charge on any atom is -0.353 e. The van der Waals surface area contributed by atoms with E-state index in [1.165, 1.54) is 18.4 Å². The van der Waals surface area contributed by atoms with Gasteiger partial charge in [0.25, 0.3) is 0 Å². The van der Waals surface area contributed by atoms with E-state index in [0.717, 1.165) is 38.2 Å². The molecule has 1 saturated heterocycles. The molecule has 1 aromatic carbocycles. The maximum absolute atomic E-state index is 11.9. The number of amides is 1. The first-order valence-electron chi connectivity index (χ1n) is 9.42. The number of rotatable bonds is 7. The average Bonchev–Trinajstić information content (AvgIpc) is 2.69. The molecule has 2 heterocycles. The van der Waals surface area contributed by atoms with E-state index in [9.17, 15) is 4.79 Å². The molecule has 0 bridgehead atoms. The fourth-order valence-corrected chi connectivity index (χ4v) is 3.38. The summed E-state index contributed by atoms with van der Waals surface area (Å²) in [5.74, 6) is 0.681. The van der Waals surface area contributed by atoms with Gasteiger partial charge < -0.3 is 5.32 Å². The standard InChI is InChI=1S/C22H27N3O/c26-22(9-8-20-7-4-13-23-17-20)24-14-10-19-11-15-25(16-12-19)18-21-5-2-1-3-6-21/h1-9,13,17,19H,10-12,14-16,18H2,(H,24,26). The van der Waals surface area contributed by atoms with Crippen molar-refractivity contribution in [1.82, 2.24) is 15.2 Å². The third kappa shape index (κ3) is 6.12. The molecule has 0 aliphatic carbocycles. The van der Waals surface area contributed by atoms with Crippen LogP contribution in [0.5, 0.6) is 0 Å². The highest BCUT2D eigenvalue weighted by Gasteiger charge is 2.18. The number of hydrogen-bond acceptors (Lipinski definition) is 3. The molecular weight excluding hydrogens is 322 g/mol. The Labute approximate surface area is 155 Å². The van der Waals surface area contributed by atoms with E-state index in [4.69, 9.17) is 0 Å². The van der Waals surface area contributed by atoms with Gasteiger partial charge in [-0.25, -0.2) is 0 Å². The van der Waals surface area contributed by atoms with Crippen molar-refractivity contribution in [1.29, 1.82) is 0 Å². The highest BCUT2D eigenvalue weighted by atomic mass is 16.1. The highest BCUT2D eigenvalue weighted by Crippen LogP contribution is 2.21. The molecule has 0 unspecified atom stereocenters. The van der Waals surface area contributed by atoms with Crippen LogP contribution < -0.4 is 5.32 Å². The zero-order chi connectivity index (χ0) is 18.0. The first kappa shape index (κ1) is 18.3. The molecule has 1 aliphatic rings. The number of nitrogens with zero attached hydrogens (tertiary/aromatic N) is 2. The van der Waals surface area contributed by atoms with Crippen LogP contribution in [0.1, 0.15) is 30.4 Å². The Hall–Kier alpha value is -2.46. The van der Waals surface area contributed by atoms with Crippen LogP contribution in [0.25, 0.3) is 6.08 Å². The third-order valence-corrected chi connectivity index (χ3v) is 4.92. The minimum atomic E-state index is -0.0321. The molecule has 1 fully saturated rings. The van der Waals surface area contributed by atoms with Crippen molar-refractivity contribution in [2.24, 2.45) is 5.92 Å². The SMILES string of the molecule is O=C(C=Cc1cccnc1)NCCC1CCN(Cc2ccccc2)CC1. The molecular formula is C22H27N3O. The molecule has 0 radical (unpaired) electrons. The van der Waals surface area contributed by atoms with E-state index in [-0.39, 0.29) is 5.91 Å². The van der Waals surface area contributed by atoms with Crippen LogP contribution in [-0.4, -0.2) is 35.4 Å². The molecule has 0 atom stereocenters. The second kappa shape index (κ2) is 9.88. The molecule has 1 N–H and O–H groups in total. The summed E-state index contributed by atoms with van der Waals surface area (Å²) in [7, 11) is 0. The van der Waals surface area contributed by atoms with E-state index in [1.807, 2.05) is 12.1 Å². The predicted molar refractivity (Wildman–Crippen MR) is 105 cm³/mol. The van der Waals surface area contributed by atoms with Crippen LogP contribution in [-0.2, 0) is 11.3 Å². The van der Waals surface area contributed by atoms with Gasteiger partial charge in [0.1, 0.15) is 0 Å². The molecule has 1 amide bonds. The van der Waals surface area contributed by atoms with Gasteiger partial charge in [0.2, 0.25) is 5.91 Å². The van der Waals surface area contributed by atoms with Crippen LogP contribution in [0.3, 0.4) is 0 Å². The molecule has 3 rings (SSSR count). The first-order valence-corrected chi connectivity index (χ1v) is 9.42. The van der Waals surface area contributed by atoms with Gasteiger partial charge in [0.05, 0.1) is 0 Å². The van der Waals surface area contributed by atoms with Crippen molar-refractivity contribution in [3.63, 3.8) is 0 Å². The lowest BCUT2D eigenvalue weighted by atomic mass is 9.93. The van der Waals surface area contributed by atoms with E-state index in [0.29, 0.717) is 5.92 Å². The fourth-order valence-electron chi connectivity index (χ4n) is 3.38. The lowest BCUT2D eigenvalue weighted by molar-refractivity contribution is -0.116. The minimum absolute atomic E-state index is 0.0321. The first-order chi connectivity index (χ1) is 12.8. The zero-order valence-corrected chi connectivity index (χ0v) is 15.2. The Balaban J connectivity index is 1.31. The van der Waals surface area contributed by atoms with Crippen molar-refractivity contribution >= 4 is 12.0 Å². The lowest BCUT2D eigenvalue weighted by Gasteiger charge is -2.32. The average molecular weight is 349 g/mol. The van der Waals surface area contributed by atoms with Crippen LogP contribution >= 0.6 is 0 Å². The van der Waals surface area contributed by atoms with Crippen molar-refractivity contribution in [2.75, 3.05) is 19.6 Å². The van der Waals surface area contributed by atoms with E-state index in [2.05, 4.69) is 45.5 Å². The van der Waals surface area contributed by atoms with Gasteiger partial charge in [-0.15, -0.1) is 0 Å². The molecule has 4 heteroatoms. The Morgan fingerprint density at radius 3 is 2.69 bits per heavy atom. The van der Waals surface area contributed by atoms with E-state index in [1.54, 1.807) is 24.5 Å². The summed E-state index contributed by atoms with van der Waals surface area (Å²) in [6.07, 6.45) is 10.3. The molecule has 0 spiro atoms. The summed E-state index contributed by atoms with van der Waals surface area (Å²) >= 11 is 0. The van der Waals surface area contributed by atoms with Gasteiger partial charge in [0.15, 0.2) is 0 Å². The number of pyridine rings is 1. The van der Waals surface area contributed by atoms with E-state index >= 15 is 0 Å². The molecule has 1 aromatic heterocycles. The number of piperidine rings is 1. The number of nitrogens with one attached hydrogen (secondary N) is 1. The summed E-state index contributed by atoms with van der Waals surface area (Å²) in [5, 5.41) is 2.99. The van der Waals surface area contributed by atoms with Gasteiger partial charge in [-0.1, -0.05) is 36.4 Å². The maximum Gasteiger partial charge on any atom is 0.244 e. The topological polar surface area (TPSA) is 45.2 Å². The highest BCUT2D eigenvalue weighted by molar-refractivity contribution is 5.91. The number of aromatic nitrogens is 1. The summed E-state index contributed by atoms with van der Waals surface area (Å²) < 4.78 is 0. The second-order valence-corrected chi connectivity index (χ2v) is 6.90. The molecule has 2 aromatic rings. The maximum atomic E-state index is 11.9. The Kier molecular flexibility index (Phi) is 6.96. The quantitative estimate of drug-likeness (QED) is 0.778. The van der Waals surface area contributed by atoms with Crippen LogP contribution in [0, 0.1) is 5.92 Å². The largest absolute Gasteiger partial charge is 0.353 e. The summed E-state index contributed by atoms with van der Waals surface area (Å²) in [4.78, 5) is 18.4. The Morgan fingerprint density at radius 2 is 1.96 bits per heavy atom. The van der Waals surface area contributed by atoms with Gasteiger partial charge in [-0.3, -0.25) is 14.7 Å². The lowest BCUT2D eigenvalue weighted by Crippen LogP contribution is -2.34. The third-order valence-electron chi connectivity index (χ3n) is 4.92. The number of carbonyl (C=O) groups excluding carboxylic acids is 1. The monoisotopic (exact) mass is 349 g/mol. The Morgan fingerprint density at radius 1 is 1.15 bits per heavy atom. The molecule has 4 nitrogen and oxygen atoms in total. The summed E-state index contributed by atoms with van der Waals surface area (Å²) in [5.41, 5.74) is 2.33. The van der Waals surface area contributed by atoms with Crippen molar-refractivity contribution < 1.29 is 4.79 Å². The van der Waals surface area contributed by atoms with Gasteiger partial charge in [-0.05, 0) is 61.5 Å². The second-order valence-electron chi connectivity index (χ2n) is 6.90. The Bertz CT molecular complexity index is 692. The van der Waals surface area contributed by atoms with Gasteiger partial charge in [-0.2, -0.15) is 0 Å². The predicted octanol–water partition coefficient (Wildman–Crippen LogP) is 3.51. The number of likely N-dealkylation sites (tertiary alicyclic amines) is 1. The molecule has 26 heavy (non-hydrogen) atoms. The number of benzene rings is 1. The fraction of sp³-hybridized carbons (Fsp3) is 0.364. The van der Waals surface area contributed by atoms with E-state index < -0.39 is 0 Å². The van der Waals surface area contributed by atoms with Crippen molar-refractivity contribution in [3.8, 4) is 0 Å². The summed E-state index contributed by atoms with van der Waals surface area (Å²) in [6, 6.07) is 14.5.